The number of hydrogen-bond donors (Lipinski definition) is 0. The molecule has 0 fully saturated rings. The molecule has 99 valence electrons. The number of rotatable bonds is 3. The molecule has 0 heteroatoms. The zero-order valence-corrected chi connectivity index (χ0v) is 12.6. The Balaban J connectivity index is 2.66. The highest BCUT2D eigenvalue weighted by molar-refractivity contribution is 5.70. The molecule has 1 radical (unpaired) electrons. The van der Waals surface area contributed by atoms with Crippen LogP contribution < -0.4 is 0 Å². The van der Waals surface area contributed by atoms with Gasteiger partial charge in [-0.1, -0.05) is 64.1 Å². The van der Waals surface area contributed by atoms with Crippen molar-refractivity contribution in [2.75, 3.05) is 0 Å². The second-order valence-electron chi connectivity index (χ2n) is 5.87. The van der Waals surface area contributed by atoms with Crippen molar-refractivity contribution in [1.29, 1.82) is 0 Å². The predicted octanol–water partition coefficient (Wildman–Crippen LogP) is 5.71. The van der Waals surface area contributed by atoms with Gasteiger partial charge in [0.1, 0.15) is 0 Å². The van der Waals surface area contributed by atoms with Gasteiger partial charge >= 0.3 is 0 Å². The minimum Gasteiger partial charge on any atom is -0.0613 e. The maximum absolute atomic E-state index is 3.48. The number of aryl methyl sites for hydroxylation is 1. The van der Waals surface area contributed by atoms with Crippen molar-refractivity contribution in [2.45, 2.75) is 46.5 Å². The summed E-state index contributed by atoms with van der Waals surface area (Å²) in [5.74, 6) is 1.09. The van der Waals surface area contributed by atoms with E-state index < -0.39 is 0 Å². The molecule has 2 aromatic rings. The summed E-state index contributed by atoms with van der Waals surface area (Å²) in [7, 11) is 0. The largest absolute Gasteiger partial charge is 0.0613 e. The molecule has 0 nitrogen and oxygen atoms in total. The van der Waals surface area contributed by atoms with E-state index in [1.54, 1.807) is 0 Å². The van der Waals surface area contributed by atoms with Gasteiger partial charge in [-0.15, -0.1) is 0 Å². The van der Waals surface area contributed by atoms with Crippen LogP contribution in [0.2, 0.25) is 0 Å². The lowest BCUT2D eigenvalue weighted by atomic mass is 9.84. The highest BCUT2D eigenvalue weighted by Crippen LogP contribution is 2.35. The molecular weight excluding hydrogens is 228 g/mol. The van der Waals surface area contributed by atoms with Crippen LogP contribution in [0.5, 0.6) is 0 Å². The van der Waals surface area contributed by atoms with E-state index in [-0.39, 0.29) is 0 Å². The van der Waals surface area contributed by atoms with E-state index in [4.69, 9.17) is 0 Å². The van der Waals surface area contributed by atoms with E-state index in [9.17, 15) is 0 Å². The summed E-state index contributed by atoms with van der Waals surface area (Å²) in [6.07, 6.45) is 0. The van der Waals surface area contributed by atoms with Gasteiger partial charge in [-0.05, 0) is 52.6 Å². The Morgan fingerprint density at radius 3 is 2.11 bits per heavy atom. The Bertz CT molecular complexity index is 562. The third-order valence-electron chi connectivity index (χ3n) is 3.57. The summed E-state index contributed by atoms with van der Waals surface area (Å²) in [5, 5.41) is 0. The van der Waals surface area contributed by atoms with Crippen molar-refractivity contribution in [2.24, 2.45) is 0 Å². The molecule has 2 aromatic carbocycles. The van der Waals surface area contributed by atoms with Crippen molar-refractivity contribution < 1.29 is 0 Å². The molecular formula is C19H23. The van der Waals surface area contributed by atoms with E-state index in [1.807, 2.05) is 0 Å². The summed E-state index contributed by atoms with van der Waals surface area (Å²) < 4.78 is 0. The Morgan fingerprint density at radius 2 is 1.53 bits per heavy atom. The first kappa shape index (κ1) is 13.9. The zero-order chi connectivity index (χ0) is 14.0. The van der Waals surface area contributed by atoms with Crippen LogP contribution in [-0.4, -0.2) is 0 Å². The maximum atomic E-state index is 3.48. The van der Waals surface area contributed by atoms with E-state index in [0.717, 1.165) is 0 Å². The fourth-order valence-corrected chi connectivity index (χ4v) is 2.71. The van der Waals surface area contributed by atoms with Gasteiger partial charge in [-0.3, -0.25) is 0 Å². The summed E-state index contributed by atoms with van der Waals surface area (Å²) in [4.78, 5) is 0. The predicted molar refractivity (Wildman–Crippen MR) is 83.6 cm³/mol. The van der Waals surface area contributed by atoms with Crippen LogP contribution in [0.15, 0.2) is 36.4 Å². The Hall–Kier alpha value is -1.56. The molecule has 0 saturated heterocycles. The standard InChI is InChI=1S/C19H23/c1-13(2)17-10-7-11-18(19(17)14(3)4)16-9-6-8-15(5)12-16/h6-11,13-14H,1-5H3. The molecule has 0 heterocycles. The first-order valence-electron chi connectivity index (χ1n) is 7.12. The molecule has 2 rings (SSSR count). The normalized spacial score (nSPS) is 11.3. The first-order chi connectivity index (χ1) is 9.00. The molecule has 19 heavy (non-hydrogen) atoms. The van der Waals surface area contributed by atoms with Crippen molar-refractivity contribution in [3.63, 3.8) is 0 Å². The fourth-order valence-electron chi connectivity index (χ4n) is 2.71. The maximum Gasteiger partial charge on any atom is -0.00671 e. The van der Waals surface area contributed by atoms with Gasteiger partial charge in [0.2, 0.25) is 0 Å². The summed E-state index contributed by atoms with van der Waals surface area (Å²) in [6, 6.07) is 16.5. The molecule has 0 aliphatic heterocycles. The highest BCUT2D eigenvalue weighted by Gasteiger charge is 2.15. The van der Waals surface area contributed by atoms with Crippen LogP contribution in [0.25, 0.3) is 11.1 Å². The quantitative estimate of drug-likeness (QED) is 0.655. The first-order valence-corrected chi connectivity index (χ1v) is 7.12. The lowest BCUT2D eigenvalue weighted by molar-refractivity contribution is 0.792. The van der Waals surface area contributed by atoms with E-state index in [1.165, 1.54) is 27.8 Å². The van der Waals surface area contributed by atoms with E-state index in [0.29, 0.717) is 11.8 Å². The molecule has 0 aromatic heterocycles. The minimum atomic E-state index is 0.530. The van der Waals surface area contributed by atoms with Crippen LogP contribution in [0.4, 0.5) is 0 Å². The average Bonchev–Trinajstić information content (AvgIpc) is 2.37. The molecule has 0 amide bonds. The lowest BCUT2D eigenvalue weighted by Gasteiger charge is -2.20. The minimum absolute atomic E-state index is 0.530. The van der Waals surface area contributed by atoms with Gasteiger partial charge in [0, 0.05) is 0 Å². The molecule has 0 spiro atoms. The molecule has 0 N–H and O–H groups in total. The van der Waals surface area contributed by atoms with Crippen molar-refractivity contribution in [1.82, 2.24) is 0 Å². The molecule has 0 bridgehead atoms. The molecule has 0 aliphatic carbocycles. The van der Waals surface area contributed by atoms with E-state index >= 15 is 0 Å². The number of benzene rings is 2. The summed E-state index contributed by atoms with van der Waals surface area (Å²) >= 11 is 0. The molecule has 0 atom stereocenters. The third-order valence-corrected chi connectivity index (χ3v) is 3.57. The SMILES string of the molecule is Cc1[c]c(-c2cccc(C(C)C)c2C(C)C)ccc1. The van der Waals surface area contributed by atoms with Crippen LogP contribution in [0.1, 0.15) is 56.2 Å². The smallest absolute Gasteiger partial charge is 0.00671 e. The molecule has 0 aliphatic rings. The topological polar surface area (TPSA) is 0 Å². The lowest BCUT2D eigenvalue weighted by Crippen LogP contribution is -2.01. The van der Waals surface area contributed by atoms with Crippen molar-refractivity contribution >= 4 is 0 Å². The molecule has 0 unspecified atom stereocenters. The van der Waals surface area contributed by atoms with Crippen LogP contribution in [0.3, 0.4) is 0 Å². The monoisotopic (exact) mass is 251 g/mol. The summed E-state index contributed by atoms with van der Waals surface area (Å²) in [6.45, 7) is 11.2. The van der Waals surface area contributed by atoms with Crippen molar-refractivity contribution in [3.05, 3.63) is 59.2 Å². The van der Waals surface area contributed by atoms with Crippen LogP contribution >= 0.6 is 0 Å². The highest BCUT2D eigenvalue weighted by atomic mass is 14.2. The second-order valence-corrected chi connectivity index (χ2v) is 5.87. The van der Waals surface area contributed by atoms with Gasteiger partial charge in [0.05, 0.1) is 0 Å². The van der Waals surface area contributed by atoms with Gasteiger partial charge in [-0.2, -0.15) is 0 Å². The Morgan fingerprint density at radius 1 is 0.842 bits per heavy atom. The second kappa shape index (κ2) is 5.61. The van der Waals surface area contributed by atoms with Gasteiger partial charge in [-0.25, -0.2) is 0 Å². The fraction of sp³-hybridized carbons (Fsp3) is 0.368. The summed E-state index contributed by atoms with van der Waals surface area (Å²) in [5.41, 5.74) is 6.68. The number of hydrogen-bond acceptors (Lipinski definition) is 0. The van der Waals surface area contributed by atoms with Crippen LogP contribution in [-0.2, 0) is 0 Å². The Kier molecular flexibility index (Phi) is 4.09. The average molecular weight is 251 g/mol. The van der Waals surface area contributed by atoms with Gasteiger partial charge in [0.25, 0.3) is 0 Å². The molecule has 0 saturated carbocycles. The van der Waals surface area contributed by atoms with Crippen molar-refractivity contribution in [3.8, 4) is 11.1 Å². The third kappa shape index (κ3) is 2.89. The van der Waals surface area contributed by atoms with Gasteiger partial charge in [0.15, 0.2) is 0 Å². The zero-order valence-electron chi connectivity index (χ0n) is 12.6. The van der Waals surface area contributed by atoms with E-state index in [2.05, 4.69) is 77.1 Å². The Labute approximate surface area is 117 Å². The van der Waals surface area contributed by atoms with Crippen LogP contribution in [0, 0.1) is 13.0 Å². The van der Waals surface area contributed by atoms with Gasteiger partial charge < -0.3 is 0 Å².